The molecular weight excluding hydrogens is 616 g/mol. The summed E-state index contributed by atoms with van der Waals surface area (Å²) in [5, 5.41) is 14.0. The molecular formula is C41H48N2O6. The molecule has 1 aromatic heterocycles. The number of aromatic nitrogens is 1. The van der Waals surface area contributed by atoms with E-state index in [1.807, 2.05) is 60.7 Å². The predicted molar refractivity (Wildman–Crippen MR) is 191 cm³/mol. The van der Waals surface area contributed by atoms with E-state index in [0.717, 1.165) is 41.6 Å². The smallest absolute Gasteiger partial charge is 0.186 e. The Morgan fingerprint density at radius 1 is 0.633 bits per heavy atom. The third-order valence-corrected chi connectivity index (χ3v) is 8.88. The molecule has 1 saturated heterocycles. The maximum absolute atomic E-state index is 9.31. The van der Waals surface area contributed by atoms with Gasteiger partial charge in [0.1, 0.15) is 24.4 Å². The molecule has 5 atom stereocenters. The number of aliphatic hydroxyl groups excluding tert-OH is 1. The molecule has 0 bridgehead atoms. The Hall–Kier alpha value is -3.86. The second-order valence-corrected chi connectivity index (χ2v) is 12.4. The number of hydrogen-bond acceptors (Lipinski definition) is 7. The number of benzene rings is 4. The molecule has 0 radical (unpaired) electrons. The van der Waals surface area contributed by atoms with E-state index < -0.39 is 24.6 Å². The third-order valence-electron chi connectivity index (χ3n) is 8.88. The van der Waals surface area contributed by atoms with E-state index in [1.54, 1.807) is 0 Å². The topological polar surface area (TPSA) is 94.2 Å². The van der Waals surface area contributed by atoms with E-state index in [1.165, 1.54) is 10.9 Å². The minimum Gasteiger partial charge on any atom is -0.396 e. The van der Waals surface area contributed by atoms with Gasteiger partial charge < -0.3 is 39.1 Å². The van der Waals surface area contributed by atoms with Gasteiger partial charge in [0.25, 0.3) is 0 Å². The van der Waals surface area contributed by atoms with Crippen molar-refractivity contribution in [3.8, 4) is 0 Å². The van der Waals surface area contributed by atoms with Gasteiger partial charge in [-0.2, -0.15) is 0 Å². The van der Waals surface area contributed by atoms with Crippen molar-refractivity contribution < 1.29 is 28.8 Å². The van der Waals surface area contributed by atoms with E-state index in [4.69, 9.17) is 23.7 Å². The van der Waals surface area contributed by atoms with Crippen LogP contribution in [0.4, 0.5) is 0 Å². The van der Waals surface area contributed by atoms with Gasteiger partial charge in [0.2, 0.25) is 0 Å². The van der Waals surface area contributed by atoms with Crippen molar-refractivity contribution in [1.82, 2.24) is 10.3 Å². The van der Waals surface area contributed by atoms with Gasteiger partial charge in [-0.1, -0.05) is 109 Å². The van der Waals surface area contributed by atoms with E-state index >= 15 is 0 Å². The highest BCUT2D eigenvalue weighted by atomic mass is 16.7. The summed E-state index contributed by atoms with van der Waals surface area (Å²) in [4.78, 5) is 3.37. The number of nitrogens with one attached hydrogen (secondary N) is 2. The molecule has 0 unspecified atom stereocenters. The fourth-order valence-electron chi connectivity index (χ4n) is 6.27. The lowest BCUT2D eigenvalue weighted by molar-refractivity contribution is -0.321. The van der Waals surface area contributed by atoms with E-state index in [0.29, 0.717) is 39.4 Å². The molecule has 258 valence electrons. The van der Waals surface area contributed by atoms with Gasteiger partial charge in [-0.25, -0.2) is 0 Å². The van der Waals surface area contributed by atoms with Gasteiger partial charge in [-0.15, -0.1) is 0 Å². The molecule has 6 rings (SSSR count). The molecule has 4 aromatic carbocycles. The standard InChI is InChI=1S/C41H48N2O6/c44-24-13-12-23-42-27-37-38(46-28-31-14-4-1-5-15-31)39(47-29-32-16-6-2-7-17-32)40(48-30-33-18-8-3-9-19-33)41(49-37)45-25-22-34-26-43-36-21-11-10-20-35(34)36/h1-11,14-21,26,37-44H,12-13,22-25,27-30H2/t37-,38-,39+,40-,41-/m1/s1. The lowest BCUT2D eigenvalue weighted by Gasteiger charge is -2.46. The summed E-state index contributed by atoms with van der Waals surface area (Å²) in [5.74, 6) is 0. The zero-order valence-corrected chi connectivity index (χ0v) is 28.0. The van der Waals surface area contributed by atoms with Crippen molar-refractivity contribution in [2.45, 2.75) is 69.8 Å². The molecule has 1 aliphatic rings. The third kappa shape index (κ3) is 10.1. The van der Waals surface area contributed by atoms with Crippen LogP contribution >= 0.6 is 0 Å². The van der Waals surface area contributed by atoms with Crippen molar-refractivity contribution in [1.29, 1.82) is 0 Å². The number of aromatic amines is 1. The average molecular weight is 665 g/mol. The van der Waals surface area contributed by atoms with E-state index in [2.05, 4.69) is 71.1 Å². The van der Waals surface area contributed by atoms with Crippen molar-refractivity contribution in [2.24, 2.45) is 0 Å². The first-order chi connectivity index (χ1) is 24.3. The Balaban J connectivity index is 1.27. The van der Waals surface area contributed by atoms with Gasteiger partial charge in [0.15, 0.2) is 6.29 Å². The van der Waals surface area contributed by atoms with E-state index in [-0.39, 0.29) is 12.7 Å². The summed E-state index contributed by atoms with van der Waals surface area (Å²) in [6.45, 7) is 3.06. The van der Waals surface area contributed by atoms with Crippen molar-refractivity contribution in [3.05, 3.63) is 144 Å². The summed E-state index contributed by atoms with van der Waals surface area (Å²) in [5.41, 5.74) is 5.48. The van der Waals surface area contributed by atoms with Gasteiger partial charge in [-0.3, -0.25) is 0 Å². The summed E-state index contributed by atoms with van der Waals surface area (Å²) in [6, 6.07) is 38.8. The number of unbranched alkanes of at least 4 members (excludes halogenated alkanes) is 1. The van der Waals surface area contributed by atoms with Crippen LogP contribution in [0.15, 0.2) is 121 Å². The number of rotatable bonds is 19. The average Bonchev–Trinajstić information content (AvgIpc) is 3.57. The summed E-state index contributed by atoms with van der Waals surface area (Å²) in [7, 11) is 0. The Labute approximate surface area is 289 Å². The van der Waals surface area contributed by atoms with Crippen molar-refractivity contribution >= 4 is 10.9 Å². The van der Waals surface area contributed by atoms with Gasteiger partial charge in [-0.05, 0) is 54.1 Å². The van der Waals surface area contributed by atoms with Crippen LogP contribution in [0.1, 0.15) is 35.1 Å². The van der Waals surface area contributed by atoms with Gasteiger partial charge in [0, 0.05) is 30.3 Å². The molecule has 0 spiro atoms. The van der Waals surface area contributed by atoms with Crippen LogP contribution < -0.4 is 5.32 Å². The fourth-order valence-corrected chi connectivity index (χ4v) is 6.27. The normalized spacial score (nSPS) is 20.9. The summed E-state index contributed by atoms with van der Waals surface area (Å²) in [6.07, 6.45) is 1.76. The highest BCUT2D eigenvalue weighted by Crippen LogP contribution is 2.31. The minimum atomic E-state index is -0.699. The van der Waals surface area contributed by atoms with Crippen LogP contribution in [0.2, 0.25) is 0 Å². The first-order valence-electron chi connectivity index (χ1n) is 17.4. The number of ether oxygens (including phenoxy) is 5. The molecule has 0 amide bonds. The SMILES string of the molecule is OCCCCNC[C@H]1O[C@@H](OCCc2c[nH]c3ccccc23)[C@H](OCc2ccccc2)[C@@H](OCc2ccccc2)[C@@H]1OCc1ccccc1. The minimum absolute atomic E-state index is 0.173. The summed E-state index contributed by atoms with van der Waals surface area (Å²) < 4.78 is 33.7. The number of H-pyrrole nitrogens is 1. The second-order valence-electron chi connectivity index (χ2n) is 12.4. The lowest BCUT2D eigenvalue weighted by Crippen LogP contribution is -2.62. The van der Waals surface area contributed by atoms with Crippen molar-refractivity contribution in [2.75, 3.05) is 26.3 Å². The molecule has 2 heterocycles. The zero-order valence-electron chi connectivity index (χ0n) is 28.0. The Morgan fingerprint density at radius 2 is 1.20 bits per heavy atom. The zero-order chi connectivity index (χ0) is 33.5. The van der Waals surface area contributed by atoms with Crippen LogP contribution in [0, 0.1) is 0 Å². The highest BCUT2D eigenvalue weighted by molar-refractivity contribution is 5.83. The van der Waals surface area contributed by atoms with Crippen molar-refractivity contribution in [3.63, 3.8) is 0 Å². The quantitative estimate of drug-likeness (QED) is 0.0860. The maximum atomic E-state index is 9.31. The number of hydrogen-bond donors (Lipinski definition) is 3. The van der Waals surface area contributed by atoms with E-state index in [9.17, 15) is 5.11 Å². The molecule has 8 heteroatoms. The Kier molecular flexibility index (Phi) is 13.4. The summed E-state index contributed by atoms with van der Waals surface area (Å²) >= 11 is 0. The molecule has 8 nitrogen and oxygen atoms in total. The predicted octanol–water partition coefficient (Wildman–Crippen LogP) is 6.57. The Bertz CT molecular complexity index is 1630. The molecule has 49 heavy (non-hydrogen) atoms. The molecule has 5 aromatic rings. The lowest BCUT2D eigenvalue weighted by atomic mass is 9.97. The maximum Gasteiger partial charge on any atom is 0.186 e. The Morgan fingerprint density at radius 3 is 1.84 bits per heavy atom. The first-order valence-corrected chi connectivity index (χ1v) is 17.4. The molecule has 1 fully saturated rings. The molecule has 1 aliphatic heterocycles. The van der Waals surface area contributed by atoms with Crippen LogP contribution in [0.5, 0.6) is 0 Å². The number of fused-ring (bicyclic) bond motifs is 1. The van der Waals surface area contributed by atoms with Crippen LogP contribution in [-0.2, 0) is 49.9 Å². The first kappa shape index (κ1) is 35.0. The van der Waals surface area contributed by atoms with Gasteiger partial charge in [0.05, 0.1) is 26.4 Å². The molecule has 3 N–H and O–H groups in total. The van der Waals surface area contributed by atoms with Crippen LogP contribution in [0.3, 0.4) is 0 Å². The van der Waals surface area contributed by atoms with Crippen LogP contribution in [-0.4, -0.2) is 67.1 Å². The molecule has 0 aliphatic carbocycles. The number of para-hydroxylation sites is 1. The highest BCUT2D eigenvalue weighted by Gasteiger charge is 2.48. The van der Waals surface area contributed by atoms with Crippen LogP contribution in [0.25, 0.3) is 10.9 Å². The van der Waals surface area contributed by atoms with Gasteiger partial charge >= 0.3 is 0 Å². The second kappa shape index (κ2) is 18.8. The largest absolute Gasteiger partial charge is 0.396 e. The monoisotopic (exact) mass is 664 g/mol. The fraction of sp³-hybridized carbons (Fsp3) is 0.366. The molecule has 0 saturated carbocycles. The number of aliphatic hydroxyl groups is 1.